The fraction of sp³-hybridized carbons (Fsp3) is 0.200. The van der Waals surface area contributed by atoms with Crippen LogP contribution in [0.1, 0.15) is 29.7 Å². The molecule has 0 saturated carbocycles. The Morgan fingerprint density at radius 3 is 2.06 bits per heavy atom. The number of benzene rings is 3. The Hall–Kier alpha value is -3.75. The molecule has 0 spiro atoms. The highest BCUT2D eigenvalue weighted by Gasteiger charge is 2.35. The summed E-state index contributed by atoms with van der Waals surface area (Å²) in [6.07, 6.45) is -5.18. The van der Waals surface area contributed by atoms with Crippen LogP contribution in [0.25, 0.3) is 11.1 Å². The first kappa shape index (κ1) is 23.4. The van der Waals surface area contributed by atoms with Crippen molar-refractivity contribution in [2.24, 2.45) is 4.99 Å². The average molecular weight is 474 g/mol. The van der Waals surface area contributed by atoms with Crippen LogP contribution in [0.5, 0.6) is 0 Å². The number of carbonyl (C=O) groups is 1. The van der Waals surface area contributed by atoms with Crippen LogP contribution in [0, 0.1) is 11.6 Å². The predicted octanol–water partition coefficient (Wildman–Crippen LogP) is 6.61. The smallest absolute Gasteiger partial charge is 0.416 e. The number of ether oxygens (including phenoxy) is 1. The van der Waals surface area contributed by atoms with E-state index >= 15 is 0 Å². The van der Waals surface area contributed by atoms with Crippen LogP contribution in [-0.4, -0.2) is 30.0 Å². The number of aliphatic imine (C=N–C) groups is 1. The molecular formula is C25H19F5N2O2. The lowest BCUT2D eigenvalue weighted by atomic mass is 10.00. The summed E-state index contributed by atoms with van der Waals surface area (Å²) in [5.74, 6) is -1.87. The van der Waals surface area contributed by atoms with E-state index in [4.69, 9.17) is 4.74 Å². The molecule has 1 amide bonds. The van der Waals surface area contributed by atoms with E-state index < -0.39 is 41.1 Å². The van der Waals surface area contributed by atoms with Crippen molar-refractivity contribution in [1.29, 1.82) is 0 Å². The van der Waals surface area contributed by atoms with Gasteiger partial charge in [-0.25, -0.2) is 13.6 Å². The second kappa shape index (κ2) is 9.24. The minimum absolute atomic E-state index is 0.0154. The Kier molecular flexibility index (Phi) is 6.37. The molecule has 0 aliphatic carbocycles. The summed E-state index contributed by atoms with van der Waals surface area (Å²) < 4.78 is 72.3. The zero-order valence-corrected chi connectivity index (χ0v) is 17.9. The van der Waals surface area contributed by atoms with Crippen LogP contribution < -0.4 is 0 Å². The molecule has 4 nitrogen and oxygen atoms in total. The summed E-state index contributed by atoms with van der Waals surface area (Å²) >= 11 is 0. The molecule has 3 aromatic carbocycles. The minimum atomic E-state index is -4.41. The largest absolute Gasteiger partial charge is 0.449 e. The number of alkyl halides is 3. The van der Waals surface area contributed by atoms with Crippen molar-refractivity contribution in [3.8, 4) is 11.1 Å². The van der Waals surface area contributed by atoms with Gasteiger partial charge in [0.25, 0.3) is 0 Å². The number of hydrogen-bond donors (Lipinski definition) is 0. The molecule has 4 rings (SSSR count). The second-order valence-electron chi connectivity index (χ2n) is 7.57. The summed E-state index contributed by atoms with van der Waals surface area (Å²) in [6.45, 7) is 1.71. The molecule has 1 aliphatic rings. The number of rotatable bonds is 4. The Labute approximate surface area is 192 Å². The highest BCUT2D eigenvalue weighted by molar-refractivity contribution is 6.08. The monoisotopic (exact) mass is 474 g/mol. The Morgan fingerprint density at radius 1 is 0.971 bits per heavy atom. The molecule has 0 bridgehead atoms. The van der Waals surface area contributed by atoms with E-state index in [9.17, 15) is 26.7 Å². The van der Waals surface area contributed by atoms with Crippen LogP contribution in [0.4, 0.5) is 26.7 Å². The van der Waals surface area contributed by atoms with E-state index in [1.54, 1.807) is 31.2 Å². The standard InChI is InChI=1S/C25H19F5N2O2/c1-2-34-24(33)32-14-21(31-23(32)22-19(26)4-3-5-20(22)27)17-8-6-15(7-9-17)16-10-12-18(13-11-16)25(28,29)30/h3-13,21H,2,14H2,1H3. The topological polar surface area (TPSA) is 41.9 Å². The lowest BCUT2D eigenvalue weighted by molar-refractivity contribution is -0.137. The van der Waals surface area contributed by atoms with Crippen molar-refractivity contribution in [2.45, 2.75) is 19.1 Å². The molecule has 1 heterocycles. The van der Waals surface area contributed by atoms with Gasteiger partial charge in [-0.2, -0.15) is 13.2 Å². The van der Waals surface area contributed by atoms with E-state index in [1.165, 1.54) is 18.2 Å². The van der Waals surface area contributed by atoms with Gasteiger partial charge in [-0.05, 0) is 47.9 Å². The number of hydrogen-bond acceptors (Lipinski definition) is 3. The molecule has 1 atom stereocenters. The zero-order chi connectivity index (χ0) is 24.5. The van der Waals surface area contributed by atoms with Crippen LogP contribution in [-0.2, 0) is 10.9 Å². The van der Waals surface area contributed by atoms with Crippen LogP contribution in [0.3, 0.4) is 0 Å². The highest BCUT2D eigenvalue weighted by atomic mass is 19.4. The molecule has 0 radical (unpaired) electrons. The van der Waals surface area contributed by atoms with Crippen molar-refractivity contribution < 1.29 is 31.5 Å². The first-order chi connectivity index (χ1) is 16.2. The first-order valence-electron chi connectivity index (χ1n) is 10.4. The number of nitrogens with zero attached hydrogens (tertiary/aromatic N) is 2. The summed E-state index contributed by atoms with van der Waals surface area (Å²) in [5.41, 5.74) is 0.787. The lowest BCUT2D eigenvalue weighted by Crippen LogP contribution is -2.36. The van der Waals surface area contributed by atoms with Gasteiger partial charge in [-0.15, -0.1) is 0 Å². The number of amidine groups is 1. The van der Waals surface area contributed by atoms with Crippen LogP contribution in [0.2, 0.25) is 0 Å². The molecule has 0 saturated heterocycles. The van der Waals surface area contributed by atoms with Crippen molar-refractivity contribution in [2.75, 3.05) is 13.2 Å². The van der Waals surface area contributed by atoms with Gasteiger partial charge in [-0.1, -0.05) is 42.5 Å². The van der Waals surface area contributed by atoms with Gasteiger partial charge in [0.2, 0.25) is 0 Å². The minimum Gasteiger partial charge on any atom is -0.449 e. The van der Waals surface area contributed by atoms with E-state index in [1.807, 2.05) is 0 Å². The van der Waals surface area contributed by atoms with E-state index in [0.29, 0.717) is 16.7 Å². The van der Waals surface area contributed by atoms with Gasteiger partial charge in [0.15, 0.2) is 0 Å². The number of carbonyl (C=O) groups excluding carboxylic acids is 1. The van der Waals surface area contributed by atoms with Gasteiger partial charge in [0.05, 0.1) is 30.3 Å². The molecule has 1 unspecified atom stereocenters. The summed E-state index contributed by atoms with van der Waals surface area (Å²) in [5, 5.41) is 0. The van der Waals surface area contributed by atoms with Crippen LogP contribution in [0.15, 0.2) is 71.7 Å². The van der Waals surface area contributed by atoms with Crippen LogP contribution >= 0.6 is 0 Å². The van der Waals surface area contributed by atoms with Crippen molar-refractivity contribution >= 4 is 11.9 Å². The SMILES string of the molecule is CCOC(=O)N1CC(c2ccc(-c3ccc(C(F)(F)F)cc3)cc2)N=C1c1c(F)cccc1F. The fourth-order valence-electron chi connectivity index (χ4n) is 3.72. The third-order valence-electron chi connectivity index (χ3n) is 5.40. The third-order valence-corrected chi connectivity index (χ3v) is 5.40. The van der Waals surface area contributed by atoms with Gasteiger partial charge < -0.3 is 4.74 Å². The maximum atomic E-state index is 14.4. The van der Waals surface area contributed by atoms with Gasteiger partial charge in [-0.3, -0.25) is 9.89 Å². The van der Waals surface area contributed by atoms with Gasteiger partial charge >= 0.3 is 12.3 Å². The molecule has 0 N–H and O–H groups in total. The Bertz CT molecular complexity index is 1200. The van der Waals surface area contributed by atoms with E-state index in [0.717, 1.165) is 29.2 Å². The average Bonchev–Trinajstić information content (AvgIpc) is 3.24. The molecule has 9 heteroatoms. The molecule has 176 valence electrons. The first-order valence-corrected chi connectivity index (χ1v) is 10.4. The quantitative estimate of drug-likeness (QED) is 0.400. The van der Waals surface area contributed by atoms with Crippen molar-refractivity contribution in [3.05, 3.63) is 95.1 Å². The molecule has 3 aromatic rings. The maximum absolute atomic E-state index is 14.4. The fourth-order valence-corrected chi connectivity index (χ4v) is 3.72. The predicted molar refractivity (Wildman–Crippen MR) is 116 cm³/mol. The summed E-state index contributed by atoms with van der Waals surface area (Å²) in [7, 11) is 0. The Balaban J connectivity index is 1.63. The summed E-state index contributed by atoms with van der Waals surface area (Å²) in [6, 6.07) is 14.4. The molecular weight excluding hydrogens is 455 g/mol. The van der Waals surface area contributed by atoms with E-state index in [-0.39, 0.29) is 19.0 Å². The Morgan fingerprint density at radius 2 is 1.53 bits per heavy atom. The van der Waals surface area contributed by atoms with E-state index in [2.05, 4.69) is 4.99 Å². The molecule has 34 heavy (non-hydrogen) atoms. The molecule has 0 aromatic heterocycles. The van der Waals surface area contributed by atoms with Crippen molar-refractivity contribution in [3.63, 3.8) is 0 Å². The number of amides is 1. The maximum Gasteiger partial charge on any atom is 0.416 e. The van der Waals surface area contributed by atoms with Gasteiger partial charge in [0, 0.05) is 0 Å². The highest BCUT2D eigenvalue weighted by Crippen LogP contribution is 2.33. The lowest BCUT2D eigenvalue weighted by Gasteiger charge is -2.19. The van der Waals surface area contributed by atoms with Gasteiger partial charge in [0.1, 0.15) is 17.5 Å². The zero-order valence-electron chi connectivity index (χ0n) is 17.9. The third kappa shape index (κ3) is 4.64. The molecule has 0 fully saturated rings. The normalized spacial score (nSPS) is 15.9. The number of halogens is 5. The molecule has 1 aliphatic heterocycles. The summed E-state index contributed by atoms with van der Waals surface area (Å²) in [4.78, 5) is 18.0. The van der Waals surface area contributed by atoms with Crippen molar-refractivity contribution in [1.82, 2.24) is 4.90 Å². The second-order valence-corrected chi connectivity index (χ2v) is 7.57.